The lowest BCUT2D eigenvalue weighted by atomic mass is 10.5. The van der Waals surface area contributed by atoms with Crippen LogP contribution in [0, 0.1) is 0 Å². The molecule has 0 aromatic rings. The first-order valence-corrected chi connectivity index (χ1v) is 3.45. The number of allylic oxidation sites excluding steroid dienone is 1. The molecule has 2 nitrogen and oxygen atoms in total. The first kappa shape index (κ1) is 6.75. The second-order valence-electron chi connectivity index (χ2n) is 1.84. The van der Waals surface area contributed by atoms with Crippen LogP contribution in [0.2, 0.25) is 0 Å². The lowest BCUT2D eigenvalue weighted by molar-refractivity contribution is 0.154. The summed E-state index contributed by atoms with van der Waals surface area (Å²) in [5.74, 6) is 2.22. The van der Waals surface area contributed by atoms with Gasteiger partial charge in [-0.2, -0.15) is 0 Å². The summed E-state index contributed by atoms with van der Waals surface area (Å²) in [7, 11) is 0. The summed E-state index contributed by atoms with van der Waals surface area (Å²) in [6.45, 7) is 2.53. The van der Waals surface area contributed by atoms with Crippen LogP contribution in [-0.2, 0) is 9.47 Å². The predicted octanol–water partition coefficient (Wildman–Crippen LogP) is 1.85. The van der Waals surface area contributed by atoms with E-state index in [-0.39, 0.29) is 0 Å². The second kappa shape index (κ2) is 2.97. The molecule has 52 valence electrons. The standard InChI is InChI=1S/C6H9ClO2/c1-5-6(9-5)8-4-2-3-7/h2-4H2,1H3. The van der Waals surface area contributed by atoms with Crippen LogP contribution in [0.5, 0.6) is 0 Å². The van der Waals surface area contributed by atoms with Crippen LogP contribution in [0.15, 0.2) is 11.7 Å². The monoisotopic (exact) mass is 148 g/mol. The number of rotatable bonds is 4. The van der Waals surface area contributed by atoms with Crippen LogP contribution < -0.4 is 0 Å². The number of hydrogen-bond donors (Lipinski definition) is 0. The van der Waals surface area contributed by atoms with Crippen molar-refractivity contribution < 1.29 is 9.47 Å². The van der Waals surface area contributed by atoms with E-state index in [1.807, 2.05) is 6.92 Å². The minimum Gasteiger partial charge on any atom is -0.463 e. The third-order valence-electron chi connectivity index (χ3n) is 1.00. The quantitative estimate of drug-likeness (QED) is 0.448. The molecule has 0 amide bonds. The Kier molecular flexibility index (Phi) is 2.22. The van der Waals surface area contributed by atoms with Gasteiger partial charge in [-0.05, 0) is 6.42 Å². The molecular weight excluding hydrogens is 140 g/mol. The van der Waals surface area contributed by atoms with E-state index in [0.29, 0.717) is 18.4 Å². The second-order valence-corrected chi connectivity index (χ2v) is 2.21. The van der Waals surface area contributed by atoms with Crippen molar-refractivity contribution in [3.05, 3.63) is 11.7 Å². The normalized spacial score (nSPS) is 15.3. The Morgan fingerprint density at radius 3 is 2.78 bits per heavy atom. The Morgan fingerprint density at radius 1 is 1.67 bits per heavy atom. The highest BCUT2D eigenvalue weighted by molar-refractivity contribution is 6.17. The number of hydrogen-bond acceptors (Lipinski definition) is 2. The zero-order valence-corrected chi connectivity index (χ0v) is 6.07. The summed E-state index contributed by atoms with van der Waals surface area (Å²) < 4.78 is 9.91. The molecule has 0 fully saturated rings. The van der Waals surface area contributed by atoms with Gasteiger partial charge in [0.15, 0.2) is 5.76 Å². The van der Waals surface area contributed by atoms with Gasteiger partial charge in [0.25, 0.3) is 0 Å². The highest BCUT2D eigenvalue weighted by Crippen LogP contribution is 2.25. The minimum absolute atomic E-state index is 0.645. The van der Waals surface area contributed by atoms with E-state index in [2.05, 4.69) is 0 Å². The van der Waals surface area contributed by atoms with Crippen LogP contribution in [0.25, 0.3) is 0 Å². The summed E-state index contributed by atoms with van der Waals surface area (Å²) in [5.41, 5.74) is 0. The van der Waals surface area contributed by atoms with Crippen LogP contribution in [0.1, 0.15) is 13.3 Å². The Morgan fingerprint density at radius 2 is 2.33 bits per heavy atom. The molecule has 0 unspecified atom stereocenters. The summed E-state index contributed by atoms with van der Waals surface area (Å²) in [4.78, 5) is 0. The van der Waals surface area contributed by atoms with E-state index in [4.69, 9.17) is 21.1 Å². The highest BCUT2D eigenvalue weighted by atomic mass is 35.5. The van der Waals surface area contributed by atoms with Crippen molar-refractivity contribution in [2.45, 2.75) is 13.3 Å². The fourth-order valence-corrected chi connectivity index (χ4v) is 0.573. The topological polar surface area (TPSA) is 21.8 Å². The molecule has 0 bridgehead atoms. The van der Waals surface area contributed by atoms with Gasteiger partial charge in [-0.1, -0.05) is 0 Å². The van der Waals surface area contributed by atoms with Crippen molar-refractivity contribution in [3.63, 3.8) is 0 Å². The smallest absolute Gasteiger partial charge is 0.324 e. The molecule has 1 rings (SSSR count). The van der Waals surface area contributed by atoms with Gasteiger partial charge in [0.05, 0.1) is 6.61 Å². The zero-order chi connectivity index (χ0) is 6.69. The van der Waals surface area contributed by atoms with Gasteiger partial charge < -0.3 is 9.47 Å². The van der Waals surface area contributed by atoms with Crippen molar-refractivity contribution in [1.29, 1.82) is 0 Å². The molecule has 1 aliphatic rings. The zero-order valence-electron chi connectivity index (χ0n) is 5.32. The van der Waals surface area contributed by atoms with Gasteiger partial charge in [0.1, 0.15) is 0 Å². The van der Waals surface area contributed by atoms with Gasteiger partial charge in [0, 0.05) is 12.8 Å². The molecule has 0 saturated carbocycles. The van der Waals surface area contributed by atoms with E-state index in [9.17, 15) is 0 Å². The van der Waals surface area contributed by atoms with Crippen molar-refractivity contribution >= 4 is 11.6 Å². The van der Waals surface area contributed by atoms with Crippen molar-refractivity contribution in [3.8, 4) is 0 Å². The van der Waals surface area contributed by atoms with Crippen molar-refractivity contribution in [2.75, 3.05) is 12.5 Å². The van der Waals surface area contributed by atoms with Gasteiger partial charge in [-0.15, -0.1) is 11.6 Å². The third kappa shape index (κ3) is 2.14. The molecule has 3 heteroatoms. The van der Waals surface area contributed by atoms with Gasteiger partial charge >= 0.3 is 5.95 Å². The fourth-order valence-electron chi connectivity index (χ4n) is 0.464. The Bertz CT molecular complexity index is 131. The maximum absolute atomic E-state index is 5.40. The molecule has 0 saturated heterocycles. The maximum Gasteiger partial charge on any atom is 0.324 e. The van der Waals surface area contributed by atoms with Crippen LogP contribution in [-0.4, -0.2) is 12.5 Å². The third-order valence-corrected chi connectivity index (χ3v) is 1.27. The van der Waals surface area contributed by atoms with E-state index in [0.717, 1.165) is 12.2 Å². The summed E-state index contributed by atoms with van der Waals surface area (Å²) >= 11 is 5.40. The molecular formula is C6H9ClO2. The number of halogens is 1. The molecule has 9 heavy (non-hydrogen) atoms. The molecule has 0 aromatic carbocycles. The molecule has 0 atom stereocenters. The average Bonchev–Trinajstić information content (AvgIpc) is 2.48. The Hall–Kier alpha value is -0.370. The van der Waals surface area contributed by atoms with Gasteiger partial charge in [-0.25, -0.2) is 0 Å². The summed E-state index contributed by atoms with van der Waals surface area (Å²) in [6, 6.07) is 0. The van der Waals surface area contributed by atoms with E-state index >= 15 is 0 Å². The predicted molar refractivity (Wildman–Crippen MR) is 35.1 cm³/mol. The fraction of sp³-hybridized carbons (Fsp3) is 0.667. The van der Waals surface area contributed by atoms with E-state index in [1.54, 1.807) is 0 Å². The lowest BCUT2D eigenvalue weighted by Gasteiger charge is -1.93. The van der Waals surface area contributed by atoms with E-state index < -0.39 is 0 Å². The SMILES string of the molecule is CC1=C(OCCCCl)O1. The van der Waals surface area contributed by atoms with Crippen LogP contribution in [0.3, 0.4) is 0 Å². The molecule has 0 spiro atoms. The van der Waals surface area contributed by atoms with Gasteiger partial charge in [-0.3, -0.25) is 0 Å². The molecule has 0 aliphatic carbocycles. The first-order chi connectivity index (χ1) is 4.34. The maximum atomic E-state index is 5.40. The first-order valence-electron chi connectivity index (χ1n) is 2.92. The van der Waals surface area contributed by atoms with E-state index in [1.165, 1.54) is 0 Å². The molecule has 0 N–H and O–H groups in total. The molecule has 0 aromatic heterocycles. The largest absolute Gasteiger partial charge is 0.463 e. The number of ether oxygens (including phenoxy) is 2. The highest BCUT2D eigenvalue weighted by Gasteiger charge is 2.21. The van der Waals surface area contributed by atoms with Gasteiger partial charge in [0.2, 0.25) is 0 Å². The Balaban J connectivity index is 1.94. The average molecular weight is 149 g/mol. The molecule has 0 radical (unpaired) electrons. The minimum atomic E-state index is 0.645. The Labute approximate surface area is 59.4 Å². The lowest BCUT2D eigenvalue weighted by Crippen LogP contribution is -1.88. The van der Waals surface area contributed by atoms with Crippen LogP contribution >= 0.6 is 11.6 Å². The molecule has 1 heterocycles. The number of alkyl halides is 1. The van der Waals surface area contributed by atoms with Crippen molar-refractivity contribution in [1.82, 2.24) is 0 Å². The molecule has 1 aliphatic heterocycles. The van der Waals surface area contributed by atoms with Crippen molar-refractivity contribution in [2.24, 2.45) is 0 Å². The summed E-state index contributed by atoms with van der Waals surface area (Å²) in [5, 5.41) is 0. The van der Waals surface area contributed by atoms with Crippen LogP contribution in [0.4, 0.5) is 0 Å². The summed E-state index contributed by atoms with van der Waals surface area (Å²) in [6.07, 6.45) is 0.877.